The molecule has 2 N–H and O–H groups in total. The van der Waals surface area contributed by atoms with Gasteiger partial charge >= 0.3 is 6.03 Å². The molecule has 0 spiro atoms. The predicted octanol–water partition coefficient (Wildman–Crippen LogP) is 1.04. The Labute approximate surface area is 119 Å². The van der Waals surface area contributed by atoms with Gasteiger partial charge in [0, 0.05) is 13.2 Å². The molecule has 0 radical (unpaired) electrons. The van der Waals surface area contributed by atoms with Crippen LogP contribution in [0.1, 0.15) is 0 Å². The molecule has 9 nitrogen and oxygen atoms in total. The fourth-order valence-corrected chi connectivity index (χ4v) is 1.70. The first-order chi connectivity index (χ1) is 10.2. The number of anilines is 2. The van der Waals surface area contributed by atoms with Gasteiger partial charge in [0.15, 0.2) is 5.82 Å². The number of aromatic nitrogens is 6. The molecule has 0 aliphatic rings. The van der Waals surface area contributed by atoms with E-state index >= 15 is 0 Å². The number of amides is 2. The molecule has 0 bridgehead atoms. The van der Waals surface area contributed by atoms with E-state index in [0.717, 1.165) is 0 Å². The minimum Gasteiger partial charge on any atom is -0.306 e. The second kappa shape index (κ2) is 5.41. The molecule has 106 valence electrons. The summed E-state index contributed by atoms with van der Waals surface area (Å²) in [6.07, 6.45) is 7.77. The Morgan fingerprint density at radius 2 is 2.00 bits per heavy atom. The molecule has 21 heavy (non-hydrogen) atoms. The molecule has 0 aromatic carbocycles. The van der Waals surface area contributed by atoms with E-state index in [1.165, 1.54) is 11.0 Å². The largest absolute Gasteiger partial charge is 0.323 e. The maximum atomic E-state index is 11.8. The zero-order chi connectivity index (χ0) is 14.7. The molecule has 3 rings (SSSR count). The van der Waals surface area contributed by atoms with Crippen LogP contribution >= 0.6 is 0 Å². The van der Waals surface area contributed by atoms with Crippen LogP contribution in [0.15, 0.2) is 43.4 Å². The Morgan fingerprint density at radius 3 is 2.62 bits per heavy atom. The van der Waals surface area contributed by atoms with E-state index in [-0.39, 0.29) is 6.03 Å². The third kappa shape index (κ3) is 3.03. The number of carbonyl (C=O) groups is 1. The molecular formula is C12H12N8O. The predicted molar refractivity (Wildman–Crippen MR) is 75.0 cm³/mol. The number of carbonyl (C=O) groups excluding carboxylic acids is 1. The average Bonchev–Trinajstić information content (AvgIpc) is 3.11. The molecule has 0 unspecified atom stereocenters. The Bertz CT molecular complexity index is 731. The maximum absolute atomic E-state index is 11.8. The first-order valence-corrected chi connectivity index (χ1v) is 6.08. The van der Waals surface area contributed by atoms with Gasteiger partial charge in [-0.1, -0.05) is 0 Å². The standard InChI is InChI=1S/C12H12N8O/c1-19-6-10(5-15-19)18-12(21)17-9-2-3-11(14-4-9)20-8-13-7-16-20/h2-8H,1H3,(H2,17,18,21). The van der Waals surface area contributed by atoms with Crippen LogP contribution in [0.5, 0.6) is 0 Å². The molecular weight excluding hydrogens is 272 g/mol. The summed E-state index contributed by atoms with van der Waals surface area (Å²) >= 11 is 0. The van der Waals surface area contributed by atoms with Crippen LogP contribution in [0.25, 0.3) is 5.82 Å². The van der Waals surface area contributed by atoms with Crippen LogP contribution in [0.2, 0.25) is 0 Å². The van der Waals surface area contributed by atoms with Gasteiger partial charge in [-0.15, -0.1) is 0 Å². The Hall–Kier alpha value is -3.23. The number of hydrogen-bond donors (Lipinski definition) is 2. The lowest BCUT2D eigenvalue weighted by molar-refractivity contribution is 0.262. The fraction of sp³-hybridized carbons (Fsp3) is 0.0833. The first kappa shape index (κ1) is 12.8. The van der Waals surface area contributed by atoms with Crippen LogP contribution < -0.4 is 10.6 Å². The van der Waals surface area contributed by atoms with Gasteiger partial charge < -0.3 is 10.6 Å². The Balaban J connectivity index is 1.63. The molecule has 3 aromatic heterocycles. The lowest BCUT2D eigenvalue weighted by atomic mass is 10.4. The average molecular weight is 284 g/mol. The van der Waals surface area contributed by atoms with Crippen LogP contribution in [-0.4, -0.2) is 35.6 Å². The van der Waals surface area contributed by atoms with Crippen LogP contribution in [-0.2, 0) is 7.05 Å². The number of hydrogen-bond acceptors (Lipinski definition) is 5. The summed E-state index contributed by atoms with van der Waals surface area (Å²) in [5, 5.41) is 13.3. The van der Waals surface area contributed by atoms with Gasteiger partial charge in [-0.3, -0.25) is 4.68 Å². The zero-order valence-electron chi connectivity index (χ0n) is 11.1. The number of pyridine rings is 1. The van der Waals surface area contributed by atoms with Crippen molar-refractivity contribution < 1.29 is 4.79 Å². The van der Waals surface area contributed by atoms with E-state index in [1.807, 2.05) is 0 Å². The number of nitrogens with zero attached hydrogens (tertiary/aromatic N) is 6. The monoisotopic (exact) mass is 284 g/mol. The second-order valence-corrected chi connectivity index (χ2v) is 4.23. The van der Waals surface area contributed by atoms with Gasteiger partial charge in [-0.05, 0) is 12.1 Å². The Morgan fingerprint density at radius 1 is 1.14 bits per heavy atom. The van der Waals surface area contributed by atoms with Crippen molar-refractivity contribution in [3.8, 4) is 5.82 Å². The van der Waals surface area contributed by atoms with Crippen LogP contribution in [0, 0.1) is 0 Å². The van der Waals surface area contributed by atoms with Gasteiger partial charge in [0.2, 0.25) is 0 Å². The third-order valence-electron chi connectivity index (χ3n) is 2.62. The summed E-state index contributed by atoms with van der Waals surface area (Å²) in [6.45, 7) is 0. The molecule has 3 heterocycles. The molecule has 3 aromatic rings. The molecule has 0 aliphatic carbocycles. The molecule has 0 aliphatic heterocycles. The lowest BCUT2D eigenvalue weighted by Crippen LogP contribution is -2.19. The van der Waals surface area contributed by atoms with Gasteiger partial charge in [0.05, 0.1) is 23.8 Å². The SMILES string of the molecule is Cn1cc(NC(=O)Nc2ccc(-n3cncn3)nc2)cn1. The van der Waals surface area contributed by atoms with Crippen LogP contribution in [0.4, 0.5) is 16.2 Å². The quantitative estimate of drug-likeness (QED) is 0.748. The molecule has 0 saturated carbocycles. The van der Waals surface area contributed by atoms with Crippen molar-refractivity contribution in [2.75, 3.05) is 10.6 Å². The van der Waals surface area contributed by atoms with Gasteiger partial charge in [0.25, 0.3) is 0 Å². The van der Waals surface area contributed by atoms with Gasteiger partial charge in [-0.2, -0.15) is 10.2 Å². The van der Waals surface area contributed by atoms with Gasteiger partial charge in [0.1, 0.15) is 12.7 Å². The first-order valence-electron chi connectivity index (χ1n) is 6.08. The van der Waals surface area contributed by atoms with E-state index in [0.29, 0.717) is 17.2 Å². The molecule has 2 amide bonds. The highest BCUT2D eigenvalue weighted by Crippen LogP contribution is 2.10. The third-order valence-corrected chi connectivity index (χ3v) is 2.62. The van der Waals surface area contributed by atoms with Crippen molar-refractivity contribution in [1.29, 1.82) is 0 Å². The van der Waals surface area contributed by atoms with E-state index in [4.69, 9.17) is 0 Å². The highest BCUT2D eigenvalue weighted by atomic mass is 16.2. The van der Waals surface area contributed by atoms with Crippen molar-refractivity contribution >= 4 is 17.4 Å². The fourth-order valence-electron chi connectivity index (χ4n) is 1.70. The highest BCUT2D eigenvalue weighted by Gasteiger charge is 2.05. The lowest BCUT2D eigenvalue weighted by Gasteiger charge is -2.06. The molecule has 9 heteroatoms. The van der Waals surface area contributed by atoms with Crippen LogP contribution in [0.3, 0.4) is 0 Å². The van der Waals surface area contributed by atoms with E-state index in [9.17, 15) is 4.79 Å². The van der Waals surface area contributed by atoms with Crippen molar-refractivity contribution in [1.82, 2.24) is 29.5 Å². The van der Waals surface area contributed by atoms with Crippen molar-refractivity contribution in [2.45, 2.75) is 0 Å². The minimum absolute atomic E-state index is 0.363. The molecule has 0 atom stereocenters. The summed E-state index contributed by atoms with van der Waals surface area (Å²) in [5.74, 6) is 0.616. The summed E-state index contributed by atoms with van der Waals surface area (Å²) in [6, 6.07) is 3.10. The zero-order valence-corrected chi connectivity index (χ0v) is 11.1. The summed E-state index contributed by atoms with van der Waals surface area (Å²) in [7, 11) is 1.77. The van der Waals surface area contributed by atoms with Crippen molar-refractivity contribution in [3.05, 3.63) is 43.4 Å². The second-order valence-electron chi connectivity index (χ2n) is 4.23. The number of aryl methyl sites for hydroxylation is 1. The van der Waals surface area contributed by atoms with Crippen molar-refractivity contribution in [3.63, 3.8) is 0 Å². The summed E-state index contributed by atoms with van der Waals surface area (Å²) in [5.41, 5.74) is 1.18. The van der Waals surface area contributed by atoms with E-state index in [1.54, 1.807) is 48.8 Å². The van der Waals surface area contributed by atoms with Crippen molar-refractivity contribution in [2.24, 2.45) is 7.05 Å². The number of urea groups is 1. The maximum Gasteiger partial charge on any atom is 0.323 e. The normalized spacial score (nSPS) is 10.3. The smallest absolute Gasteiger partial charge is 0.306 e. The van der Waals surface area contributed by atoms with Gasteiger partial charge in [-0.25, -0.2) is 19.4 Å². The Kier molecular flexibility index (Phi) is 3.29. The minimum atomic E-state index is -0.363. The number of nitrogens with one attached hydrogen (secondary N) is 2. The van der Waals surface area contributed by atoms with E-state index in [2.05, 4.69) is 30.8 Å². The highest BCUT2D eigenvalue weighted by molar-refractivity contribution is 5.99. The topological polar surface area (TPSA) is 103 Å². The summed E-state index contributed by atoms with van der Waals surface area (Å²) in [4.78, 5) is 19.8. The number of rotatable bonds is 3. The molecule has 0 fully saturated rings. The molecule has 0 saturated heterocycles. The van der Waals surface area contributed by atoms with E-state index < -0.39 is 0 Å². The summed E-state index contributed by atoms with van der Waals surface area (Å²) < 4.78 is 3.13.